The lowest BCUT2D eigenvalue weighted by atomic mass is 9.68. The molecule has 2 nitrogen and oxygen atoms in total. The van der Waals surface area contributed by atoms with Gasteiger partial charge in [-0.05, 0) is 56.3 Å². The Morgan fingerprint density at radius 2 is 1.36 bits per heavy atom. The fourth-order valence-corrected chi connectivity index (χ4v) is 5.43. The second kappa shape index (κ2) is 13.5. The van der Waals surface area contributed by atoms with E-state index in [4.69, 9.17) is 4.74 Å². The topological polar surface area (TPSA) is 26.3 Å². The molecule has 0 aromatic heterocycles. The highest BCUT2D eigenvalue weighted by molar-refractivity contribution is 5.72. The largest absolute Gasteiger partial charge is 0.459 e. The summed E-state index contributed by atoms with van der Waals surface area (Å²) in [6, 6.07) is 0. The molecule has 2 saturated carbocycles. The molecular weight excluding hydrogens is 358 g/mol. The second-order valence-electron chi connectivity index (χ2n) is 9.32. The minimum absolute atomic E-state index is 0.149. The number of alkyl halides is 2. The van der Waals surface area contributed by atoms with Gasteiger partial charge < -0.3 is 4.74 Å². The molecule has 28 heavy (non-hydrogen) atoms. The standard InChI is InChI=1S/C24H42F2O2/c1-2-3-4-5-6-7-8-9-19-10-12-20(13-11-19)21-14-16-22(17-15-21)24(27)28-18-23(25)26/h19-23H,2-18H2,1H3/t19-,20-,21-,22-. The van der Waals surface area contributed by atoms with Gasteiger partial charge in [-0.25, -0.2) is 8.78 Å². The van der Waals surface area contributed by atoms with E-state index < -0.39 is 19.0 Å². The Balaban J connectivity index is 1.53. The predicted octanol–water partition coefficient (Wildman–Crippen LogP) is 7.55. The van der Waals surface area contributed by atoms with Gasteiger partial charge in [-0.1, -0.05) is 71.1 Å². The molecule has 0 aliphatic heterocycles. The Kier molecular flexibility index (Phi) is 11.4. The van der Waals surface area contributed by atoms with Gasteiger partial charge in [-0.2, -0.15) is 0 Å². The van der Waals surface area contributed by atoms with Gasteiger partial charge in [0.2, 0.25) is 0 Å². The van der Waals surface area contributed by atoms with Crippen molar-refractivity contribution in [2.45, 2.75) is 116 Å². The van der Waals surface area contributed by atoms with Gasteiger partial charge in [0.05, 0.1) is 5.92 Å². The van der Waals surface area contributed by atoms with Crippen molar-refractivity contribution < 1.29 is 18.3 Å². The van der Waals surface area contributed by atoms with Crippen molar-refractivity contribution >= 4 is 5.97 Å². The Labute approximate surface area is 171 Å². The molecule has 0 saturated heterocycles. The first-order valence-electron chi connectivity index (χ1n) is 12.0. The monoisotopic (exact) mass is 400 g/mol. The molecule has 4 heteroatoms. The summed E-state index contributed by atoms with van der Waals surface area (Å²) in [5, 5.41) is 0. The lowest BCUT2D eigenvalue weighted by molar-refractivity contribution is -0.154. The molecule has 2 rings (SSSR count). The van der Waals surface area contributed by atoms with Crippen molar-refractivity contribution in [3.05, 3.63) is 0 Å². The Hall–Kier alpha value is -0.670. The highest BCUT2D eigenvalue weighted by Gasteiger charge is 2.33. The molecule has 2 aliphatic rings. The van der Waals surface area contributed by atoms with E-state index in [0.29, 0.717) is 0 Å². The van der Waals surface area contributed by atoms with Gasteiger partial charge in [0.1, 0.15) is 0 Å². The Morgan fingerprint density at radius 3 is 1.93 bits per heavy atom. The number of carbonyl (C=O) groups excluding carboxylic acids is 1. The van der Waals surface area contributed by atoms with Crippen LogP contribution >= 0.6 is 0 Å². The number of carbonyl (C=O) groups is 1. The molecule has 164 valence electrons. The molecule has 0 amide bonds. The number of ether oxygens (including phenoxy) is 1. The summed E-state index contributed by atoms with van der Waals surface area (Å²) in [5.41, 5.74) is 0. The summed E-state index contributed by atoms with van der Waals surface area (Å²) >= 11 is 0. The molecule has 2 fully saturated rings. The fraction of sp³-hybridized carbons (Fsp3) is 0.958. The number of rotatable bonds is 12. The molecule has 0 N–H and O–H groups in total. The van der Waals surface area contributed by atoms with Crippen LogP contribution in [0.1, 0.15) is 110 Å². The second-order valence-corrected chi connectivity index (χ2v) is 9.32. The van der Waals surface area contributed by atoms with Gasteiger partial charge in [0.15, 0.2) is 6.61 Å². The lowest BCUT2D eigenvalue weighted by Gasteiger charge is -2.37. The van der Waals surface area contributed by atoms with Gasteiger partial charge in [0, 0.05) is 0 Å². The molecule has 0 unspecified atom stereocenters. The zero-order chi connectivity index (χ0) is 20.2. The first-order valence-corrected chi connectivity index (χ1v) is 12.0. The average Bonchev–Trinajstić information content (AvgIpc) is 2.72. The maximum absolute atomic E-state index is 12.2. The zero-order valence-corrected chi connectivity index (χ0v) is 18.0. The smallest absolute Gasteiger partial charge is 0.309 e. The minimum Gasteiger partial charge on any atom is -0.459 e. The first kappa shape index (κ1) is 23.6. The SMILES string of the molecule is CCCCCCCCC[C@H]1CC[C@H]([C@H]2CC[C@H](C(=O)OCC(F)F)CC2)CC1. The van der Waals surface area contributed by atoms with Crippen LogP contribution in [0.25, 0.3) is 0 Å². The quantitative estimate of drug-likeness (QED) is 0.250. The maximum Gasteiger partial charge on any atom is 0.309 e. The van der Waals surface area contributed by atoms with Crippen molar-refractivity contribution in [2.75, 3.05) is 6.61 Å². The average molecular weight is 401 g/mol. The van der Waals surface area contributed by atoms with Crippen molar-refractivity contribution in [1.29, 1.82) is 0 Å². The maximum atomic E-state index is 12.2. The van der Waals surface area contributed by atoms with Crippen molar-refractivity contribution in [1.82, 2.24) is 0 Å². The fourth-order valence-electron chi connectivity index (χ4n) is 5.43. The highest BCUT2D eigenvalue weighted by atomic mass is 19.3. The molecule has 0 aromatic carbocycles. The van der Waals surface area contributed by atoms with Gasteiger partial charge in [-0.3, -0.25) is 4.79 Å². The van der Waals surface area contributed by atoms with Crippen molar-refractivity contribution in [3.63, 3.8) is 0 Å². The molecule has 0 bridgehead atoms. The van der Waals surface area contributed by atoms with Crippen molar-refractivity contribution in [3.8, 4) is 0 Å². The normalized spacial score (nSPS) is 28.4. The van der Waals surface area contributed by atoms with E-state index in [2.05, 4.69) is 6.92 Å². The summed E-state index contributed by atoms with van der Waals surface area (Å²) in [6.45, 7) is 1.52. The molecule has 0 atom stereocenters. The zero-order valence-electron chi connectivity index (χ0n) is 18.0. The summed E-state index contributed by atoms with van der Waals surface area (Å²) in [6.07, 6.45) is 17.9. The number of unbranched alkanes of at least 4 members (excludes halogenated alkanes) is 6. The molecule has 0 aromatic rings. The highest BCUT2D eigenvalue weighted by Crippen LogP contribution is 2.42. The van der Waals surface area contributed by atoms with Crippen LogP contribution < -0.4 is 0 Å². The van der Waals surface area contributed by atoms with Gasteiger partial charge in [-0.15, -0.1) is 0 Å². The molecule has 0 heterocycles. The van der Waals surface area contributed by atoms with Crippen LogP contribution in [0, 0.1) is 23.7 Å². The molecular formula is C24H42F2O2. The van der Waals surface area contributed by atoms with Crippen molar-refractivity contribution in [2.24, 2.45) is 23.7 Å². The summed E-state index contributed by atoms with van der Waals surface area (Å²) in [5.74, 6) is 1.94. The van der Waals surface area contributed by atoms with E-state index in [1.807, 2.05) is 0 Å². The Bertz CT molecular complexity index is 411. The van der Waals surface area contributed by atoms with Gasteiger partial charge in [0.25, 0.3) is 6.43 Å². The number of halogens is 2. The third-order valence-electron chi connectivity index (χ3n) is 7.23. The van der Waals surface area contributed by atoms with Crippen LogP contribution in [0.4, 0.5) is 8.78 Å². The van der Waals surface area contributed by atoms with Crippen LogP contribution in [0.2, 0.25) is 0 Å². The van der Waals surface area contributed by atoms with E-state index in [1.54, 1.807) is 0 Å². The van der Waals surface area contributed by atoms with E-state index in [1.165, 1.54) is 77.0 Å². The number of hydrogen-bond donors (Lipinski definition) is 0. The van der Waals surface area contributed by atoms with Crippen LogP contribution in [0.3, 0.4) is 0 Å². The van der Waals surface area contributed by atoms with Crippen LogP contribution in [0.15, 0.2) is 0 Å². The third kappa shape index (κ3) is 8.78. The van der Waals surface area contributed by atoms with E-state index >= 15 is 0 Å². The van der Waals surface area contributed by atoms with Gasteiger partial charge >= 0.3 is 5.97 Å². The number of esters is 1. The molecule has 0 spiro atoms. The predicted molar refractivity (Wildman–Crippen MR) is 110 cm³/mol. The lowest BCUT2D eigenvalue weighted by Crippen LogP contribution is -2.29. The van der Waals surface area contributed by atoms with Crippen LogP contribution in [-0.4, -0.2) is 19.0 Å². The van der Waals surface area contributed by atoms with E-state index in [0.717, 1.165) is 43.4 Å². The Morgan fingerprint density at radius 1 is 0.821 bits per heavy atom. The first-order chi connectivity index (χ1) is 13.6. The number of hydrogen-bond acceptors (Lipinski definition) is 2. The summed E-state index contributed by atoms with van der Waals surface area (Å²) in [7, 11) is 0. The van der Waals surface area contributed by atoms with E-state index in [-0.39, 0.29) is 5.92 Å². The molecule has 2 aliphatic carbocycles. The summed E-state index contributed by atoms with van der Waals surface area (Å²) in [4.78, 5) is 11.9. The summed E-state index contributed by atoms with van der Waals surface area (Å²) < 4.78 is 29.1. The third-order valence-corrected chi connectivity index (χ3v) is 7.23. The molecule has 0 radical (unpaired) electrons. The minimum atomic E-state index is -2.56. The van der Waals surface area contributed by atoms with E-state index in [9.17, 15) is 13.6 Å². The van der Waals surface area contributed by atoms with Crippen LogP contribution in [0.5, 0.6) is 0 Å². The van der Waals surface area contributed by atoms with Crippen LogP contribution in [-0.2, 0) is 9.53 Å².